The van der Waals surface area contributed by atoms with E-state index >= 15 is 0 Å². The molecule has 0 aromatic carbocycles. The van der Waals surface area contributed by atoms with Crippen molar-refractivity contribution in [1.29, 1.82) is 0 Å². The first kappa shape index (κ1) is 48.7. The summed E-state index contributed by atoms with van der Waals surface area (Å²) in [7, 11) is 1.22. The van der Waals surface area contributed by atoms with Crippen LogP contribution in [0.1, 0.15) is 123 Å². The third kappa shape index (κ3) is 35.9. The molecule has 0 heterocycles. The molecule has 8 nitrogen and oxygen atoms in total. The second kappa shape index (κ2) is 33.5. The minimum atomic E-state index is -4.58. The van der Waals surface area contributed by atoms with E-state index in [0.717, 1.165) is 103 Å². The highest BCUT2D eigenvalue weighted by molar-refractivity contribution is 7.45. The maximum atomic E-state index is 12.7. The van der Waals surface area contributed by atoms with Crippen LogP contribution in [0.2, 0.25) is 0 Å². The number of amides is 1. The molecule has 0 aliphatic heterocycles. The number of hydrogen-bond acceptors (Lipinski definition) is 6. The van der Waals surface area contributed by atoms with Crippen LogP contribution in [0.4, 0.5) is 0 Å². The summed E-state index contributed by atoms with van der Waals surface area (Å²) in [5.74, 6) is -0.234. The lowest BCUT2D eigenvalue weighted by Crippen LogP contribution is -2.45. The molecule has 0 saturated carbocycles. The molecule has 3 atom stereocenters. The van der Waals surface area contributed by atoms with Gasteiger partial charge in [-0.05, 0) is 70.6 Å². The summed E-state index contributed by atoms with van der Waals surface area (Å²) >= 11 is 0. The van der Waals surface area contributed by atoms with Gasteiger partial charge >= 0.3 is 0 Å². The minimum Gasteiger partial charge on any atom is -0.756 e. The Morgan fingerprint density at radius 1 is 0.706 bits per heavy atom. The number of likely N-dealkylation sites (N-methyl/N-ethyl adjacent to an activating group) is 1. The Hall–Kier alpha value is -2.32. The third-order valence-electron chi connectivity index (χ3n) is 7.86. The van der Waals surface area contributed by atoms with Gasteiger partial charge < -0.3 is 28.8 Å². The predicted octanol–water partition coefficient (Wildman–Crippen LogP) is 9.60. The van der Waals surface area contributed by atoms with Gasteiger partial charge in [-0.3, -0.25) is 9.36 Å². The Morgan fingerprint density at radius 2 is 1.20 bits per heavy atom. The number of aliphatic hydroxyl groups is 1. The van der Waals surface area contributed by atoms with E-state index in [9.17, 15) is 19.4 Å². The Balaban J connectivity index is 4.34. The summed E-state index contributed by atoms with van der Waals surface area (Å²) in [5, 5.41) is 13.5. The van der Waals surface area contributed by atoms with Crippen molar-refractivity contribution in [3.8, 4) is 0 Å². The number of carbonyl (C=O) groups is 1. The molecule has 0 rings (SSSR count). The molecule has 0 radical (unpaired) electrons. The van der Waals surface area contributed by atoms with Crippen LogP contribution >= 0.6 is 7.82 Å². The SMILES string of the molecule is CC/C=C\C/C=C\C/C=C\C/C=C\C/C=C\C/C=C\CCCCCCC(=O)NC(COP(=O)([O-])OCC[N+](C)(C)C)C(O)/C=C/CCCCCC. The third-order valence-corrected chi connectivity index (χ3v) is 8.83. The Labute approximate surface area is 312 Å². The van der Waals surface area contributed by atoms with Crippen LogP contribution in [0.15, 0.2) is 85.1 Å². The number of unbranched alkanes of at least 4 members (excludes halogenated alkanes) is 8. The average molecular weight is 733 g/mol. The molecule has 0 saturated heterocycles. The van der Waals surface area contributed by atoms with Gasteiger partial charge in [0, 0.05) is 6.42 Å². The largest absolute Gasteiger partial charge is 0.756 e. The number of quaternary nitrogens is 1. The molecule has 0 aromatic heterocycles. The summed E-state index contributed by atoms with van der Waals surface area (Å²) in [6.07, 6.45) is 45.1. The van der Waals surface area contributed by atoms with Crippen molar-refractivity contribution in [3.05, 3.63) is 85.1 Å². The first-order chi connectivity index (χ1) is 24.5. The molecule has 0 aliphatic rings. The van der Waals surface area contributed by atoms with Crippen LogP contribution in [-0.4, -0.2) is 68.5 Å². The van der Waals surface area contributed by atoms with Crippen LogP contribution in [0, 0.1) is 0 Å². The minimum absolute atomic E-state index is 0.0123. The lowest BCUT2D eigenvalue weighted by atomic mass is 10.1. The number of phosphoric ester groups is 1. The number of hydrogen-bond donors (Lipinski definition) is 2. The molecule has 3 unspecified atom stereocenters. The topological polar surface area (TPSA) is 108 Å². The van der Waals surface area contributed by atoms with Gasteiger partial charge in [0.15, 0.2) is 0 Å². The zero-order valence-electron chi connectivity index (χ0n) is 32.8. The van der Waals surface area contributed by atoms with Crippen molar-refractivity contribution in [1.82, 2.24) is 5.32 Å². The monoisotopic (exact) mass is 733 g/mol. The van der Waals surface area contributed by atoms with Crippen molar-refractivity contribution in [3.63, 3.8) is 0 Å². The predicted molar refractivity (Wildman–Crippen MR) is 214 cm³/mol. The van der Waals surface area contributed by atoms with Crippen molar-refractivity contribution >= 4 is 13.7 Å². The fourth-order valence-electron chi connectivity index (χ4n) is 4.74. The van der Waals surface area contributed by atoms with Crippen LogP contribution < -0.4 is 10.2 Å². The van der Waals surface area contributed by atoms with E-state index in [2.05, 4.69) is 92.1 Å². The maximum Gasteiger partial charge on any atom is 0.268 e. The molecule has 0 aliphatic carbocycles. The van der Waals surface area contributed by atoms with E-state index in [4.69, 9.17) is 9.05 Å². The highest BCUT2D eigenvalue weighted by Crippen LogP contribution is 2.38. The number of allylic oxidation sites excluding steroid dienone is 13. The lowest BCUT2D eigenvalue weighted by molar-refractivity contribution is -0.870. The van der Waals surface area contributed by atoms with Crippen molar-refractivity contribution < 1.29 is 32.9 Å². The molecule has 0 fully saturated rings. The molecular formula is C42H73N2O6P. The zero-order valence-corrected chi connectivity index (χ0v) is 33.7. The number of aliphatic hydroxyl groups excluding tert-OH is 1. The molecular weight excluding hydrogens is 659 g/mol. The van der Waals surface area contributed by atoms with Gasteiger partial charge in [0.05, 0.1) is 39.9 Å². The Bertz CT molecular complexity index is 1100. The fourth-order valence-corrected chi connectivity index (χ4v) is 5.46. The highest BCUT2D eigenvalue weighted by atomic mass is 31.2. The average Bonchev–Trinajstić information content (AvgIpc) is 3.07. The summed E-state index contributed by atoms with van der Waals surface area (Å²) in [6, 6.07) is -0.901. The zero-order chi connectivity index (χ0) is 37.9. The second-order valence-electron chi connectivity index (χ2n) is 13.9. The molecule has 51 heavy (non-hydrogen) atoms. The summed E-state index contributed by atoms with van der Waals surface area (Å²) < 4.78 is 22.9. The smallest absolute Gasteiger partial charge is 0.268 e. The molecule has 1 amide bonds. The number of phosphoric acid groups is 1. The van der Waals surface area contributed by atoms with E-state index in [1.807, 2.05) is 27.2 Å². The van der Waals surface area contributed by atoms with Crippen LogP contribution in [-0.2, 0) is 18.4 Å². The number of rotatable bonds is 33. The molecule has 2 N–H and O–H groups in total. The standard InChI is InChI=1S/C42H73N2O6P/c1-6-8-10-12-14-15-16-17-18-19-20-21-22-23-24-25-26-27-28-29-30-32-34-36-42(46)43-40(41(45)35-33-31-13-11-9-7-2)39-50-51(47,48)49-38-37-44(3,4)5/h8,10,14-15,17-18,20-21,23-24,26-27,33,35,40-41,45H,6-7,9,11-13,16,19,22,25,28-32,34,36-39H2,1-5H3,(H-,43,46,47,48)/b10-8-,15-14-,18-17-,21-20-,24-23-,27-26-,35-33+. The van der Waals surface area contributed by atoms with E-state index in [1.54, 1.807) is 6.08 Å². The molecule has 9 heteroatoms. The molecule has 0 bridgehead atoms. The lowest BCUT2D eigenvalue weighted by Gasteiger charge is -2.29. The first-order valence-corrected chi connectivity index (χ1v) is 20.9. The first-order valence-electron chi connectivity index (χ1n) is 19.4. The van der Waals surface area contributed by atoms with Crippen molar-refractivity contribution in [2.75, 3.05) is 40.9 Å². The number of nitrogens with zero attached hydrogens (tertiary/aromatic N) is 1. The van der Waals surface area contributed by atoms with Gasteiger partial charge in [-0.1, -0.05) is 131 Å². The maximum absolute atomic E-state index is 12.7. The quantitative estimate of drug-likeness (QED) is 0.0301. The van der Waals surface area contributed by atoms with Crippen molar-refractivity contribution in [2.45, 2.75) is 135 Å². The van der Waals surface area contributed by atoms with Gasteiger partial charge in [-0.2, -0.15) is 0 Å². The van der Waals surface area contributed by atoms with Crippen LogP contribution in [0.25, 0.3) is 0 Å². The molecule has 292 valence electrons. The highest BCUT2D eigenvalue weighted by Gasteiger charge is 2.23. The number of carbonyl (C=O) groups excluding carboxylic acids is 1. The molecule has 0 aromatic rings. The summed E-state index contributed by atoms with van der Waals surface area (Å²) in [5.41, 5.74) is 0. The van der Waals surface area contributed by atoms with Crippen LogP contribution in [0.5, 0.6) is 0 Å². The number of nitrogens with one attached hydrogen (secondary N) is 1. The van der Waals surface area contributed by atoms with Gasteiger partial charge in [0.1, 0.15) is 13.2 Å². The Morgan fingerprint density at radius 3 is 1.73 bits per heavy atom. The van der Waals surface area contributed by atoms with E-state index in [1.165, 1.54) is 0 Å². The summed E-state index contributed by atoms with van der Waals surface area (Å²) in [6.45, 7) is 4.38. The van der Waals surface area contributed by atoms with E-state index in [0.29, 0.717) is 17.4 Å². The van der Waals surface area contributed by atoms with Gasteiger partial charge in [0.2, 0.25) is 5.91 Å². The van der Waals surface area contributed by atoms with E-state index < -0.39 is 26.6 Å². The fraction of sp³-hybridized carbons (Fsp3) is 0.643. The van der Waals surface area contributed by atoms with Gasteiger partial charge in [0.25, 0.3) is 7.82 Å². The second-order valence-corrected chi connectivity index (χ2v) is 15.3. The Kier molecular flexibility index (Phi) is 32.0. The molecule has 0 spiro atoms. The van der Waals surface area contributed by atoms with Gasteiger partial charge in [-0.25, -0.2) is 0 Å². The van der Waals surface area contributed by atoms with E-state index in [-0.39, 0.29) is 12.5 Å². The van der Waals surface area contributed by atoms with Crippen molar-refractivity contribution in [2.24, 2.45) is 0 Å². The summed E-state index contributed by atoms with van der Waals surface area (Å²) in [4.78, 5) is 25.0. The van der Waals surface area contributed by atoms with Crippen LogP contribution in [0.3, 0.4) is 0 Å². The normalized spacial score (nSPS) is 15.5. The van der Waals surface area contributed by atoms with Gasteiger partial charge in [-0.15, -0.1) is 0 Å².